The SMILES string of the molecule is Cc1ccc(C)c(NC(=O)CN2c3ccccc3NC3=C(C(=O)CCC3)C2c2cccs2)c1. The van der Waals surface area contributed by atoms with Crippen LogP contribution in [0.4, 0.5) is 17.1 Å². The number of ketones is 1. The number of carbonyl (C=O) groups excluding carboxylic acids is 2. The Balaban J connectivity index is 1.58. The van der Waals surface area contributed by atoms with Crippen LogP contribution in [0.1, 0.15) is 41.3 Å². The summed E-state index contributed by atoms with van der Waals surface area (Å²) in [7, 11) is 0. The fourth-order valence-corrected chi connectivity index (χ4v) is 5.58. The number of aryl methyl sites for hydroxylation is 2. The van der Waals surface area contributed by atoms with Crippen LogP contribution in [0.2, 0.25) is 0 Å². The van der Waals surface area contributed by atoms with Crippen LogP contribution in [0.25, 0.3) is 0 Å². The van der Waals surface area contributed by atoms with Crippen molar-refractivity contribution in [3.05, 3.63) is 87.3 Å². The first-order valence-corrected chi connectivity index (χ1v) is 12.2. The van der Waals surface area contributed by atoms with Gasteiger partial charge < -0.3 is 15.5 Å². The monoisotopic (exact) mass is 457 g/mol. The predicted molar refractivity (Wildman–Crippen MR) is 135 cm³/mol. The highest BCUT2D eigenvalue weighted by molar-refractivity contribution is 7.10. The zero-order valence-electron chi connectivity index (χ0n) is 18.9. The Morgan fingerprint density at radius 3 is 2.79 bits per heavy atom. The number of Topliss-reactive ketones (excluding diaryl/α,β-unsaturated/α-hetero) is 1. The second-order valence-electron chi connectivity index (χ2n) is 8.72. The molecule has 2 heterocycles. The summed E-state index contributed by atoms with van der Waals surface area (Å²) < 4.78 is 0. The lowest BCUT2D eigenvalue weighted by Gasteiger charge is -2.34. The van der Waals surface area contributed by atoms with Crippen LogP contribution >= 0.6 is 11.3 Å². The lowest BCUT2D eigenvalue weighted by atomic mass is 9.88. The van der Waals surface area contributed by atoms with Gasteiger partial charge >= 0.3 is 0 Å². The maximum absolute atomic E-state index is 13.4. The van der Waals surface area contributed by atoms with Crippen LogP contribution in [-0.4, -0.2) is 18.2 Å². The van der Waals surface area contributed by atoms with Gasteiger partial charge in [0.2, 0.25) is 5.91 Å². The van der Waals surface area contributed by atoms with Gasteiger partial charge in [-0.15, -0.1) is 11.3 Å². The van der Waals surface area contributed by atoms with Gasteiger partial charge in [0.15, 0.2) is 5.78 Å². The van der Waals surface area contributed by atoms with Gasteiger partial charge in [-0.05, 0) is 67.5 Å². The molecule has 168 valence electrons. The Kier molecular flexibility index (Phi) is 5.77. The molecule has 33 heavy (non-hydrogen) atoms. The van der Waals surface area contributed by atoms with E-state index in [0.29, 0.717) is 6.42 Å². The molecule has 3 aromatic rings. The van der Waals surface area contributed by atoms with Crippen molar-refractivity contribution in [3.63, 3.8) is 0 Å². The van der Waals surface area contributed by atoms with E-state index in [1.54, 1.807) is 11.3 Å². The first-order chi connectivity index (χ1) is 16.0. The standard InChI is InChI=1S/C27H27N3O2S/c1-17-12-13-18(2)21(15-17)29-25(32)16-30-22-9-4-3-7-19(22)28-20-8-5-10-23(31)26(20)27(30)24-11-6-14-33-24/h3-4,6-7,9,11-15,27-28H,5,8,10,16H2,1-2H3,(H,29,32). The van der Waals surface area contributed by atoms with Gasteiger partial charge in [0.1, 0.15) is 0 Å². The highest BCUT2D eigenvalue weighted by atomic mass is 32.1. The van der Waals surface area contributed by atoms with E-state index in [9.17, 15) is 9.59 Å². The van der Waals surface area contributed by atoms with Gasteiger partial charge in [-0.1, -0.05) is 30.3 Å². The van der Waals surface area contributed by atoms with Crippen molar-refractivity contribution in [2.45, 2.75) is 39.2 Å². The van der Waals surface area contributed by atoms with E-state index in [4.69, 9.17) is 0 Å². The number of fused-ring (bicyclic) bond motifs is 1. The number of carbonyl (C=O) groups is 2. The molecule has 5 rings (SSSR count). The molecule has 1 aromatic heterocycles. The first kappa shape index (κ1) is 21.5. The zero-order chi connectivity index (χ0) is 22.9. The molecule has 1 aliphatic heterocycles. The third kappa shape index (κ3) is 4.18. The smallest absolute Gasteiger partial charge is 0.243 e. The molecule has 2 aromatic carbocycles. The fourth-order valence-electron chi connectivity index (χ4n) is 4.73. The molecule has 0 spiro atoms. The summed E-state index contributed by atoms with van der Waals surface area (Å²) in [5, 5.41) is 8.67. The second kappa shape index (κ2) is 8.87. The zero-order valence-corrected chi connectivity index (χ0v) is 19.7. The molecule has 0 fully saturated rings. The molecule has 5 nitrogen and oxygen atoms in total. The average Bonchev–Trinajstić information content (AvgIpc) is 3.28. The summed E-state index contributed by atoms with van der Waals surface area (Å²) in [6.45, 7) is 4.15. The molecule has 6 heteroatoms. The van der Waals surface area contributed by atoms with Crippen molar-refractivity contribution in [3.8, 4) is 0 Å². The summed E-state index contributed by atoms with van der Waals surface area (Å²) in [6, 6.07) is 17.8. The number of allylic oxidation sites excluding steroid dienone is 1. The molecular formula is C27H27N3O2S. The number of benzene rings is 2. The van der Waals surface area contributed by atoms with Crippen LogP contribution < -0.4 is 15.5 Å². The number of thiophene rings is 1. The van der Waals surface area contributed by atoms with Crippen LogP contribution in [0.3, 0.4) is 0 Å². The molecule has 1 unspecified atom stereocenters. The van der Waals surface area contributed by atoms with Crippen molar-refractivity contribution in [1.82, 2.24) is 0 Å². The summed E-state index contributed by atoms with van der Waals surface area (Å²) in [6.07, 6.45) is 2.22. The number of rotatable bonds is 4. The number of hydrogen-bond acceptors (Lipinski definition) is 5. The van der Waals surface area contributed by atoms with Crippen molar-refractivity contribution in [2.24, 2.45) is 0 Å². The van der Waals surface area contributed by atoms with Crippen molar-refractivity contribution in [1.29, 1.82) is 0 Å². The van der Waals surface area contributed by atoms with Crippen LogP contribution in [0.15, 0.2) is 71.2 Å². The summed E-state index contributed by atoms with van der Waals surface area (Å²) in [4.78, 5) is 29.7. The molecule has 2 aliphatic rings. The highest BCUT2D eigenvalue weighted by Crippen LogP contribution is 2.45. The molecule has 0 bridgehead atoms. The molecule has 1 atom stereocenters. The van der Waals surface area contributed by atoms with Crippen molar-refractivity contribution in [2.75, 3.05) is 22.1 Å². The van der Waals surface area contributed by atoms with Crippen molar-refractivity contribution < 1.29 is 9.59 Å². The number of amides is 1. The third-order valence-corrected chi connectivity index (χ3v) is 7.26. The van der Waals surface area contributed by atoms with Crippen LogP contribution in [0.5, 0.6) is 0 Å². The molecule has 2 N–H and O–H groups in total. The molecule has 1 aliphatic carbocycles. The second-order valence-corrected chi connectivity index (χ2v) is 9.70. The Bertz CT molecular complexity index is 1250. The highest BCUT2D eigenvalue weighted by Gasteiger charge is 2.37. The van der Waals surface area contributed by atoms with Gasteiger partial charge in [0.05, 0.1) is 24.0 Å². The fraction of sp³-hybridized carbons (Fsp3) is 0.259. The maximum atomic E-state index is 13.4. The van der Waals surface area contributed by atoms with E-state index in [0.717, 1.165) is 57.2 Å². The average molecular weight is 458 g/mol. The Morgan fingerprint density at radius 2 is 1.97 bits per heavy atom. The normalized spacial score (nSPS) is 17.7. The van der Waals surface area contributed by atoms with Gasteiger partial charge in [0, 0.05) is 28.3 Å². The van der Waals surface area contributed by atoms with Crippen LogP contribution in [0, 0.1) is 13.8 Å². The quantitative estimate of drug-likeness (QED) is 0.506. The molecule has 1 amide bonds. The third-order valence-electron chi connectivity index (χ3n) is 6.33. The molecule has 0 saturated carbocycles. The number of hydrogen-bond donors (Lipinski definition) is 2. The van der Waals surface area contributed by atoms with Crippen LogP contribution in [-0.2, 0) is 9.59 Å². The first-order valence-electron chi connectivity index (χ1n) is 11.3. The Hall–Kier alpha value is -3.38. The Labute approximate surface area is 198 Å². The topological polar surface area (TPSA) is 61.4 Å². The van der Waals surface area contributed by atoms with Gasteiger partial charge in [-0.2, -0.15) is 0 Å². The minimum absolute atomic E-state index is 0.104. The van der Waals surface area contributed by atoms with Gasteiger partial charge in [0.25, 0.3) is 0 Å². The van der Waals surface area contributed by atoms with E-state index < -0.39 is 0 Å². The van der Waals surface area contributed by atoms with E-state index in [2.05, 4.69) is 21.6 Å². The predicted octanol–water partition coefficient (Wildman–Crippen LogP) is 5.98. The molecule has 0 saturated heterocycles. The minimum atomic E-state index is -0.298. The molecular weight excluding hydrogens is 430 g/mol. The molecule has 0 radical (unpaired) electrons. The summed E-state index contributed by atoms with van der Waals surface area (Å²) in [5.74, 6) is 0.0576. The lowest BCUT2D eigenvalue weighted by molar-refractivity contribution is -0.117. The number of anilines is 3. The lowest BCUT2D eigenvalue weighted by Crippen LogP contribution is -2.38. The number of para-hydroxylation sites is 2. The maximum Gasteiger partial charge on any atom is 0.243 e. The van der Waals surface area contributed by atoms with E-state index >= 15 is 0 Å². The minimum Gasteiger partial charge on any atom is -0.357 e. The van der Waals surface area contributed by atoms with E-state index in [1.807, 2.05) is 67.8 Å². The summed E-state index contributed by atoms with van der Waals surface area (Å²) in [5.41, 5.74) is 6.57. The summed E-state index contributed by atoms with van der Waals surface area (Å²) >= 11 is 1.62. The number of nitrogens with one attached hydrogen (secondary N) is 2. The van der Waals surface area contributed by atoms with Gasteiger partial charge in [-0.25, -0.2) is 0 Å². The van der Waals surface area contributed by atoms with E-state index in [-0.39, 0.29) is 24.3 Å². The Morgan fingerprint density at radius 1 is 1.12 bits per heavy atom. The number of nitrogens with zero attached hydrogens (tertiary/aromatic N) is 1. The van der Waals surface area contributed by atoms with E-state index in [1.165, 1.54) is 0 Å². The largest absolute Gasteiger partial charge is 0.357 e. The van der Waals surface area contributed by atoms with Gasteiger partial charge in [-0.3, -0.25) is 9.59 Å². The van der Waals surface area contributed by atoms with Crippen molar-refractivity contribution >= 4 is 40.1 Å².